The Morgan fingerprint density at radius 1 is 1.39 bits per heavy atom. The van der Waals surface area contributed by atoms with Crippen molar-refractivity contribution in [3.63, 3.8) is 0 Å². The highest BCUT2D eigenvalue weighted by atomic mass is 35.5. The normalized spacial score (nSPS) is 21.7. The lowest BCUT2D eigenvalue weighted by Crippen LogP contribution is -2.48. The van der Waals surface area contributed by atoms with Gasteiger partial charge in [-0.3, -0.25) is 4.79 Å². The fourth-order valence-corrected chi connectivity index (χ4v) is 2.50. The van der Waals surface area contributed by atoms with E-state index in [1.807, 2.05) is 26.0 Å². The second kappa shape index (κ2) is 4.56. The number of carbonyl (C=O) groups is 1. The van der Waals surface area contributed by atoms with Crippen molar-refractivity contribution in [3.8, 4) is 0 Å². The Hall–Kier alpha value is -1.06. The average molecular weight is 267 g/mol. The summed E-state index contributed by atoms with van der Waals surface area (Å²) in [5.74, 6) is 0.0375. The van der Waals surface area contributed by atoms with E-state index in [1.165, 1.54) is 0 Å². The molecule has 1 unspecified atom stereocenters. The summed E-state index contributed by atoms with van der Waals surface area (Å²) in [5.41, 5.74) is 1.41. The molecule has 1 aliphatic rings. The molecular formula is C14H19ClN2O. The molecule has 1 atom stereocenters. The summed E-state index contributed by atoms with van der Waals surface area (Å²) >= 11 is 6.07. The molecule has 0 saturated heterocycles. The molecule has 18 heavy (non-hydrogen) atoms. The van der Waals surface area contributed by atoms with Crippen LogP contribution in [0.2, 0.25) is 5.02 Å². The Kier molecular flexibility index (Phi) is 3.39. The first-order valence-corrected chi connectivity index (χ1v) is 6.57. The molecule has 1 aliphatic heterocycles. The van der Waals surface area contributed by atoms with Crippen molar-refractivity contribution in [1.29, 1.82) is 0 Å². The summed E-state index contributed by atoms with van der Waals surface area (Å²) in [5, 5.41) is 7.10. The maximum absolute atomic E-state index is 12.2. The van der Waals surface area contributed by atoms with Crippen LogP contribution in [0.3, 0.4) is 0 Å². The quantitative estimate of drug-likeness (QED) is 0.862. The molecule has 0 saturated carbocycles. The lowest BCUT2D eigenvalue weighted by atomic mass is 9.76. The summed E-state index contributed by atoms with van der Waals surface area (Å²) in [6, 6.07) is 5.86. The number of carbonyl (C=O) groups excluding carboxylic acids is 1. The van der Waals surface area contributed by atoms with Crippen LogP contribution in [-0.4, -0.2) is 11.9 Å². The van der Waals surface area contributed by atoms with E-state index in [0.717, 1.165) is 11.3 Å². The van der Waals surface area contributed by atoms with Gasteiger partial charge in [-0.1, -0.05) is 25.4 Å². The topological polar surface area (TPSA) is 41.1 Å². The molecule has 0 bridgehead atoms. The van der Waals surface area contributed by atoms with Crippen LogP contribution in [0.25, 0.3) is 0 Å². The molecule has 1 aromatic rings. The average Bonchev–Trinajstić information content (AvgIpc) is 2.26. The van der Waals surface area contributed by atoms with Gasteiger partial charge in [0.2, 0.25) is 5.91 Å². The smallest absolute Gasteiger partial charge is 0.231 e. The van der Waals surface area contributed by atoms with Gasteiger partial charge in [0.15, 0.2) is 0 Å². The molecule has 98 valence electrons. The molecule has 3 nitrogen and oxygen atoms in total. The van der Waals surface area contributed by atoms with Gasteiger partial charge in [0.25, 0.3) is 0 Å². The highest BCUT2D eigenvalue weighted by molar-refractivity contribution is 6.30. The Balaban J connectivity index is 2.52. The van der Waals surface area contributed by atoms with Crippen molar-refractivity contribution >= 4 is 23.2 Å². The number of amides is 1. The van der Waals surface area contributed by atoms with Gasteiger partial charge in [0.05, 0.1) is 5.41 Å². The van der Waals surface area contributed by atoms with Crippen LogP contribution >= 0.6 is 11.6 Å². The van der Waals surface area contributed by atoms with E-state index in [0.29, 0.717) is 11.1 Å². The van der Waals surface area contributed by atoms with E-state index >= 15 is 0 Å². The third-order valence-electron chi connectivity index (χ3n) is 3.38. The Labute approximate surface area is 113 Å². The molecule has 0 fully saturated rings. The van der Waals surface area contributed by atoms with Crippen LogP contribution in [0.4, 0.5) is 5.69 Å². The maximum atomic E-state index is 12.2. The van der Waals surface area contributed by atoms with Gasteiger partial charge in [-0.25, -0.2) is 0 Å². The molecule has 1 aromatic carbocycles. The van der Waals surface area contributed by atoms with Gasteiger partial charge in [0.1, 0.15) is 0 Å². The molecule has 0 spiro atoms. The largest absolute Gasteiger partial charge is 0.325 e. The molecule has 0 aliphatic carbocycles. The molecular weight excluding hydrogens is 248 g/mol. The van der Waals surface area contributed by atoms with Crippen LogP contribution in [0.1, 0.15) is 39.3 Å². The third kappa shape index (κ3) is 2.25. The highest BCUT2D eigenvalue weighted by Gasteiger charge is 2.42. The minimum Gasteiger partial charge on any atom is -0.325 e. The molecule has 2 N–H and O–H groups in total. The zero-order valence-corrected chi connectivity index (χ0v) is 11.9. The maximum Gasteiger partial charge on any atom is 0.231 e. The predicted octanol–water partition coefficient (Wildman–Crippen LogP) is 3.36. The van der Waals surface area contributed by atoms with Crippen molar-refractivity contribution in [2.45, 2.75) is 39.8 Å². The van der Waals surface area contributed by atoms with E-state index in [1.54, 1.807) is 6.07 Å². The molecule has 1 heterocycles. The lowest BCUT2D eigenvalue weighted by Gasteiger charge is -2.40. The second-order valence-corrected chi connectivity index (χ2v) is 6.10. The van der Waals surface area contributed by atoms with Crippen molar-refractivity contribution in [2.75, 3.05) is 5.32 Å². The van der Waals surface area contributed by atoms with E-state index < -0.39 is 5.41 Å². The Morgan fingerprint density at radius 2 is 2.06 bits per heavy atom. The van der Waals surface area contributed by atoms with Crippen molar-refractivity contribution in [2.24, 2.45) is 5.41 Å². The molecule has 1 amide bonds. The summed E-state index contributed by atoms with van der Waals surface area (Å²) in [7, 11) is 0. The van der Waals surface area contributed by atoms with Gasteiger partial charge in [0, 0.05) is 22.8 Å². The van der Waals surface area contributed by atoms with Gasteiger partial charge >= 0.3 is 0 Å². The van der Waals surface area contributed by atoms with E-state index in [9.17, 15) is 4.79 Å². The number of fused-ring (bicyclic) bond motifs is 1. The van der Waals surface area contributed by atoms with Crippen LogP contribution in [0.15, 0.2) is 18.2 Å². The number of hydrogen-bond acceptors (Lipinski definition) is 2. The molecule has 0 radical (unpaired) electrons. The fraction of sp³-hybridized carbons (Fsp3) is 0.500. The Bertz CT molecular complexity index is 483. The van der Waals surface area contributed by atoms with E-state index in [4.69, 9.17) is 11.6 Å². The highest BCUT2D eigenvalue weighted by Crippen LogP contribution is 2.43. The van der Waals surface area contributed by atoms with Gasteiger partial charge < -0.3 is 10.6 Å². The van der Waals surface area contributed by atoms with Gasteiger partial charge in [-0.15, -0.1) is 0 Å². The standard InChI is InChI=1S/C14H19ClN2O/c1-8(2)16-12-10-7-9(15)5-6-11(10)17-13(18)14(12,3)4/h5-8,12,16H,1-4H3,(H,17,18). The van der Waals surface area contributed by atoms with Gasteiger partial charge in [-0.2, -0.15) is 0 Å². The summed E-state index contributed by atoms with van der Waals surface area (Å²) in [6.45, 7) is 8.05. The monoisotopic (exact) mass is 266 g/mol. The number of nitrogens with one attached hydrogen (secondary N) is 2. The second-order valence-electron chi connectivity index (χ2n) is 5.66. The molecule has 4 heteroatoms. The van der Waals surface area contributed by atoms with E-state index in [-0.39, 0.29) is 11.9 Å². The minimum absolute atomic E-state index is 0.0278. The van der Waals surface area contributed by atoms with Crippen LogP contribution in [-0.2, 0) is 4.79 Å². The third-order valence-corrected chi connectivity index (χ3v) is 3.61. The van der Waals surface area contributed by atoms with Crippen LogP contribution < -0.4 is 10.6 Å². The van der Waals surface area contributed by atoms with Crippen LogP contribution in [0.5, 0.6) is 0 Å². The first-order valence-electron chi connectivity index (χ1n) is 6.19. The minimum atomic E-state index is -0.498. The number of benzene rings is 1. The lowest BCUT2D eigenvalue weighted by molar-refractivity contribution is -0.126. The van der Waals surface area contributed by atoms with Gasteiger partial charge in [-0.05, 0) is 37.6 Å². The number of anilines is 1. The Morgan fingerprint density at radius 3 is 2.67 bits per heavy atom. The fourth-order valence-electron chi connectivity index (χ4n) is 2.32. The summed E-state index contributed by atoms with van der Waals surface area (Å²) in [6.07, 6.45) is 0. The zero-order valence-electron chi connectivity index (χ0n) is 11.2. The number of rotatable bonds is 2. The van der Waals surface area contributed by atoms with Crippen molar-refractivity contribution in [3.05, 3.63) is 28.8 Å². The zero-order chi connectivity index (χ0) is 13.5. The SMILES string of the molecule is CC(C)NC1c2cc(Cl)ccc2NC(=O)C1(C)C. The number of hydrogen-bond donors (Lipinski definition) is 2. The van der Waals surface area contributed by atoms with Crippen LogP contribution in [0, 0.1) is 5.41 Å². The molecule has 0 aromatic heterocycles. The number of halogens is 1. The van der Waals surface area contributed by atoms with E-state index in [2.05, 4.69) is 24.5 Å². The molecule has 2 rings (SSSR count). The first kappa shape index (κ1) is 13.4. The van der Waals surface area contributed by atoms with Crippen molar-refractivity contribution in [1.82, 2.24) is 5.32 Å². The predicted molar refractivity (Wildman–Crippen MR) is 74.9 cm³/mol. The first-order chi connectivity index (χ1) is 8.32. The van der Waals surface area contributed by atoms with Crippen molar-refractivity contribution < 1.29 is 4.79 Å². The summed E-state index contributed by atoms with van der Waals surface area (Å²) in [4.78, 5) is 12.2. The summed E-state index contributed by atoms with van der Waals surface area (Å²) < 4.78 is 0.